The van der Waals surface area contributed by atoms with E-state index in [2.05, 4.69) is 4.98 Å². The van der Waals surface area contributed by atoms with Crippen molar-refractivity contribution in [3.63, 3.8) is 0 Å². The molecule has 0 saturated carbocycles. The predicted octanol–water partition coefficient (Wildman–Crippen LogP) is 6.96. The van der Waals surface area contributed by atoms with Gasteiger partial charge in [0.1, 0.15) is 28.8 Å². The van der Waals surface area contributed by atoms with Crippen LogP contribution in [-0.2, 0) is 6.61 Å². The lowest BCUT2D eigenvalue weighted by molar-refractivity contribution is 0.300. The Hall–Kier alpha value is -3.48. The van der Waals surface area contributed by atoms with Crippen LogP contribution in [0.25, 0.3) is 32.8 Å². The van der Waals surface area contributed by atoms with E-state index in [-0.39, 0.29) is 12.2 Å². The molecule has 0 aliphatic rings. The third-order valence-electron chi connectivity index (χ3n) is 4.96. The molecule has 5 rings (SSSR count). The molecule has 0 aliphatic heterocycles. The number of fused-ring (bicyclic) bond motifs is 1. The van der Waals surface area contributed by atoms with Gasteiger partial charge < -0.3 is 9.15 Å². The highest BCUT2D eigenvalue weighted by Gasteiger charge is 2.14. The number of benzene rings is 3. The van der Waals surface area contributed by atoms with Crippen LogP contribution in [0.2, 0.25) is 5.02 Å². The van der Waals surface area contributed by atoms with E-state index >= 15 is 0 Å². The van der Waals surface area contributed by atoms with Crippen molar-refractivity contribution < 1.29 is 13.5 Å². The molecule has 7 heteroatoms. The summed E-state index contributed by atoms with van der Waals surface area (Å²) in [4.78, 5) is 17.3. The molecule has 2 aromatic heterocycles. The van der Waals surface area contributed by atoms with Gasteiger partial charge in [-0.3, -0.25) is 0 Å². The molecule has 2 heterocycles. The summed E-state index contributed by atoms with van der Waals surface area (Å²) in [5, 5.41) is 3.53. The Balaban J connectivity index is 1.43. The van der Waals surface area contributed by atoms with E-state index in [9.17, 15) is 9.18 Å². The number of rotatable bonds is 5. The minimum Gasteiger partial charge on any atom is -0.489 e. The van der Waals surface area contributed by atoms with Crippen molar-refractivity contribution in [3.05, 3.63) is 105 Å². The Morgan fingerprint density at radius 3 is 2.69 bits per heavy atom. The Bertz CT molecular complexity index is 1460. The van der Waals surface area contributed by atoms with Crippen LogP contribution >= 0.6 is 22.9 Å². The molecule has 0 fully saturated rings. The number of thiazole rings is 1. The summed E-state index contributed by atoms with van der Waals surface area (Å²) >= 11 is 7.43. The molecule has 0 N–H and O–H groups in total. The Kier molecular flexibility index (Phi) is 5.47. The zero-order valence-corrected chi connectivity index (χ0v) is 18.1. The van der Waals surface area contributed by atoms with Gasteiger partial charge in [-0.15, -0.1) is 11.3 Å². The van der Waals surface area contributed by atoms with Crippen LogP contribution in [0.4, 0.5) is 4.39 Å². The first-order valence-electron chi connectivity index (χ1n) is 9.73. The molecule has 0 aliphatic carbocycles. The van der Waals surface area contributed by atoms with Crippen LogP contribution < -0.4 is 10.4 Å². The lowest BCUT2D eigenvalue weighted by Crippen LogP contribution is -2.03. The first-order chi connectivity index (χ1) is 15.6. The van der Waals surface area contributed by atoms with Gasteiger partial charge in [-0.1, -0.05) is 48.0 Å². The normalized spacial score (nSPS) is 11.1. The van der Waals surface area contributed by atoms with Gasteiger partial charge in [0.2, 0.25) is 0 Å². The van der Waals surface area contributed by atoms with E-state index in [0.29, 0.717) is 26.9 Å². The van der Waals surface area contributed by atoms with Gasteiger partial charge in [0, 0.05) is 28.0 Å². The van der Waals surface area contributed by atoms with E-state index in [1.807, 2.05) is 35.7 Å². The lowest BCUT2D eigenvalue weighted by Gasteiger charge is -2.09. The predicted molar refractivity (Wildman–Crippen MR) is 125 cm³/mol. The molecular formula is C25H15ClFNO3S. The molecule has 0 saturated heterocycles. The molecule has 0 atom stereocenters. The van der Waals surface area contributed by atoms with Crippen LogP contribution in [0.1, 0.15) is 5.56 Å². The maximum absolute atomic E-state index is 13.9. The topological polar surface area (TPSA) is 52.3 Å². The first-order valence-corrected chi connectivity index (χ1v) is 11.0. The van der Waals surface area contributed by atoms with Crippen LogP contribution in [0.15, 0.2) is 87.4 Å². The standard InChI is InChI=1S/C25H15ClFNO3S/c26-20-7-4-8-21(27)19(20)13-30-17-10-9-16-11-18(25(29)31-23(16)12-17)24-28-22(14-32-24)15-5-2-1-3-6-15/h1-12,14H,13H2. The zero-order chi connectivity index (χ0) is 22.1. The molecular weight excluding hydrogens is 449 g/mol. The van der Waals surface area contributed by atoms with E-state index in [1.54, 1.807) is 30.3 Å². The van der Waals surface area contributed by atoms with Crippen molar-refractivity contribution in [1.82, 2.24) is 4.98 Å². The number of ether oxygens (including phenoxy) is 1. The van der Waals surface area contributed by atoms with E-state index in [0.717, 1.165) is 16.6 Å². The van der Waals surface area contributed by atoms with Crippen LogP contribution in [0, 0.1) is 5.82 Å². The molecule has 5 aromatic rings. The largest absolute Gasteiger partial charge is 0.489 e. The second kappa shape index (κ2) is 8.57. The van der Waals surface area contributed by atoms with E-state index in [1.165, 1.54) is 23.5 Å². The Morgan fingerprint density at radius 1 is 1.03 bits per heavy atom. The van der Waals surface area contributed by atoms with Crippen LogP contribution in [0.3, 0.4) is 0 Å². The zero-order valence-electron chi connectivity index (χ0n) is 16.5. The molecule has 4 nitrogen and oxygen atoms in total. The number of halogens is 2. The summed E-state index contributed by atoms with van der Waals surface area (Å²) in [6.07, 6.45) is 0. The van der Waals surface area contributed by atoms with Crippen molar-refractivity contribution >= 4 is 33.9 Å². The highest BCUT2D eigenvalue weighted by molar-refractivity contribution is 7.13. The second-order valence-electron chi connectivity index (χ2n) is 7.04. The number of nitrogens with zero attached hydrogens (tertiary/aromatic N) is 1. The summed E-state index contributed by atoms with van der Waals surface area (Å²) in [5.41, 5.74) is 2.34. The Morgan fingerprint density at radius 2 is 1.88 bits per heavy atom. The maximum Gasteiger partial charge on any atom is 0.346 e. The van der Waals surface area contributed by atoms with Crippen molar-refractivity contribution in [1.29, 1.82) is 0 Å². The monoisotopic (exact) mass is 463 g/mol. The van der Waals surface area contributed by atoms with Crippen molar-refractivity contribution in [3.8, 4) is 27.6 Å². The summed E-state index contributed by atoms with van der Waals surface area (Å²) in [7, 11) is 0. The Labute approximate surface area is 191 Å². The lowest BCUT2D eigenvalue weighted by atomic mass is 10.1. The average molecular weight is 464 g/mol. The second-order valence-corrected chi connectivity index (χ2v) is 8.31. The SMILES string of the molecule is O=c1oc2cc(OCc3c(F)cccc3Cl)ccc2cc1-c1nc(-c2ccccc2)cs1. The third-order valence-corrected chi connectivity index (χ3v) is 6.19. The molecule has 0 spiro atoms. The molecule has 0 amide bonds. The van der Waals surface area contributed by atoms with Crippen LogP contribution in [-0.4, -0.2) is 4.98 Å². The first kappa shape index (κ1) is 20.4. The van der Waals surface area contributed by atoms with Gasteiger partial charge in [0.25, 0.3) is 0 Å². The van der Waals surface area contributed by atoms with Crippen molar-refractivity contribution in [2.75, 3.05) is 0 Å². The van der Waals surface area contributed by atoms with Gasteiger partial charge in [0.15, 0.2) is 0 Å². The van der Waals surface area contributed by atoms with Gasteiger partial charge in [0.05, 0.1) is 16.3 Å². The highest BCUT2D eigenvalue weighted by Crippen LogP contribution is 2.30. The van der Waals surface area contributed by atoms with Crippen molar-refractivity contribution in [2.24, 2.45) is 0 Å². The molecule has 0 radical (unpaired) electrons. The minimum atomic E-state index is -0.485. The number of hydrogen-bond acceptors (Lipinski definition) is 5. The molecule has 0 unspecified atom stereocenters. The summed E-state index contributed by atoms with van der Waals surface area (Å²) < 4.78 is 25.2. The van der Waals surface area contributed by atoms with Crippen molar-refractivity contribution in [2.45, 2.75) is 6.61 Å². The minimum absolute atomic E-state index is 0.0410. The summed E-state index contributed by atoms with van der Waals surface area (Å²) in [6.45, 7) is -0.0410. The molecule has 32 heavy (non-hydrogen) atoms. The fraction of sp³-hybridized carbons (Fsp3) is 0.0400. The maximum atomic E-state index is 13.9. The highest BCUT2D eigenvalue weighted by atomic mass is 35.5. The molecule has 158 valence electrons. The van der Waals surface area contributed by atoms with Gasteiger partial charge >= 0.3 is 5.63 Å². The molecule has 0 bridgehead atoms. The fourth-order valence-electron chi connectivity index (χ4n) is 3.30. The van der Waals surface area contributed by atoms with Gasteiger partial charge in [-0.2, -0.15) is 0 Å². The average Bonchev–Trinajstić information content (AvgIpc) is 3.29. The van der Waals surface area contributed by atoms with Crippen LogP contribution in [0.5, 0.6) is 5.75 Å². The number of hydrogen-bond donors (Lipinski definition) is 0. The van der Waals surface area contributed by atoms with Gasteiger partial charge in [-0.25, -0.2) is 14.2 Å². The quantitative estimate of drug-likeness (QED) is 0.264. The van der Waals surface area contributed by atoms with E-state index < -0.39 is 11.4 Å². The van der Waals surface area contributed by atoms with Gasteiger partial charge in [-0.05, 0) is 30.3 Å². The number of aromatic nitrogens is 1. The third kappa shape index (κ3) is 4.02. The summed E-state index contributed by atoms with van der Waals surface area (Å²) in [6, 6.07) is 21.1. The summed E-state index contributed by atoms with van der Waals surface area (Å²) in [5.74, 6) is 0.00103. The fourth-order valence-corrected chi connectivity index (χ4v) is 4.34. The smallest absolute Gasteiger partial charge is 0.346 e. The van der Waals surface area contributed by atoms with E-state index in [4.69, 9.17) is 20.8 Å². The molecule has 3 aromatic carbocycles.